The smallest absolute Gasteiger partial charge is 0.258 e. The lowest BCUT2D eigenvalue weighted by Gasteiger charge is -2.00. The third-order valence-electron chi connectivity index (χ3n) is 1.67. The first-order valence-corrected chi connectivity index (χ1v) is 7.00. The lowest BCUT2D eigenvalue weighted by molar-refractivity contribution is -0.384. The third-order valence-corrected chi connectivity index (χ3v) is 4.95. The number of hydrogen-bond acceptors (Lipinski definition) is 6. The fourth-order valence-corrected chi connectivity index (χ4v) is 3.67. The summed E-state index contributed by atoms with van der Waals surface area (Å²) in [5, 5.41) is 13.7. The van der Waals surface area contributed by atoms with Gasteiger partial charge < -0.3 is 0 Å². The Morgan fingerprint density at radius 2 is 2.33 bits per heavy atom. The van der Waals surface area contributed by atoms with Crippen molar-refractivity contribution in [3.05, 3.63) is 31.0 Å². The van der Waals surface area contributed by atoms with Gasteiger partial charge in [-0.05, 0) is 5.53 Å². The lowest BCUT2D eigenvalue weighted by atomic mass is 10.6. The molecule has 1 N–H and O–H groups in total. The number of rotatable bonds is 6. The highest BCUT2D eigenvalue weighted by Gasteiger charge is 2.24. The number of hydrogen-bond donors (Lipinski definition) is 1. The zero-order chi connectivity index (χ0) is 13.8. The van der Waals surface area contributed by atoms with Crippen LogP contribution in [0.15, 0.2) is 15.4 Å². The molecule has 12 heteroatoms. The van der Waals surface area contributed by atoms with Gasteiger partial charge in [-0.25, -0.2) is 13.1 Å². The van der Waals surface area contributed by atoms with Crippen molar-refractivity contribution in [1.29, 1.82) is 0 Å². The summed E-state index contributed by atoms with van der Waals surface area (Å²) in [5.41, 5.74) is 7.54. The second kappa shape index (κ2) is 5.98. The average molecular weight is 312 g/mol. The first-order chi connectivity index (χ1) is 8.38. The van der Waals surface area contributed by atoms with Gasteiger partial charge in [-0.15, -0.1) is 11.3 Å². The minimum Gasteiger partial charge on any atom is -0.258 e. The maximum absolute atomic E-state index is 11.7. The number of sulfonamides is 1. The van der Waals surface area contributed by atoms with E-state index in [1.54, 1.807) is 0 Å². The van der Waals surface area contributed by atoms with E-state index >= 15 is 0 Å². The Bertz CT molecular complexity index is 605. The Morgan fingerprint density at radius 1 is 1.67 bits per heavy atom. The van der Waals surface area contributed by atoms with E-state index in [1.165, 1.54) is 0 Å². The highest BCUT2D eigenvalue weighted by molar-refractivity contribution is 7.91. The zero-order valence-electron chi connectivity index (χ0n) is 8.61. The first kappa shape index (κ1) is 14.7. The van der Waals surface area contributed by atoms with Crippen molar-refractivity contribution >= 4 is 38.6 Å². The minimum atomic E-state index is -3.88. The summed E-state index contributed by atoms with van der Waals surface area (Å²) in [4.78, 5) is 12.2. The molecule has 1 aromatic heterocycles. The first-order valence-electron chi connectivity index (χ1n) is 4.32. The fourth-order valence-electron chi connectivity index (χ4n) is 0.941. The van der Waals surface area contributed by atoms with Crippen LogP contribution in [0.25, 0.3) is 10.4 Å². The van der Waals surface area contributed by atoms with Gasteiger partial charge in [0.05, 0.1) is 4.92 Å². The molecule has 1 rings (SSSR count). The molecule has 0 bridgehead atoms. The maximum Gasteiger partial charge on any atom is 0.300 e. The van der Waals surface area contributed by atoms with Crippen molar-refractivity contribution in [1.82, 2.24) is 4.72 Å². The molecular formula is C6H6ClN5O4S2. The van der Waals surface area contributed by atoms with Gasteiger partial charge in [0.15, 0.2) is 4.34 Å². The van der Waals surface area contributed by atoms with Crippen LogP contribution in [0.2, 0.25) is 4.34 Å². The van der Waals surface area contributed by atoms with E-state index in [9.17, 15) is 18.5 Å². The predicted molar refractivity (Wildman–Crippen MR) is 65.2 cm³/mol. The number of nitrogens with zero attached hydrogens (tertiary/aromatic N) is 4. The van der Waals surface area contributed by atoms with Crippen molar-refractivity contribution < 1.29 is 13.3 Å². The Balaban J connectivity index is 2.88. The van der Waals surface area contributed by atoms with Crippen LogP contribution in [0, 0.1) is 10.1 Å². The van der Waals surface area contributed by atoms with E-state index in [2.05, 4.69) is 14.7 Å². The molecule has 9 nitrogen and oxygen atoms in total. The molecule has 18 heavy (non-hydrogen) atoms. The quantitative estimate of drug-likeness (QED) is 0.214. The number of thiophene rings is 1. The molecule has 0 saturated heterocycles. The van der Waals surface area contributed by atoms with Crippen molar-refractivity contribution in [3.63, 3.8) is 0 Å². The molecule has 0 aliphatic carbocycles. The van der Waals surface area contributed by atoms with Crippen molar-refractivity contribution in [2.24, 2.45) is 5.11 Å². The molecule has 0 radical (unpaired) electrons. The largest absolute Gasteiger partial charge is 0.300 e. The van der Waals surface area contributed by atoms with E-state index in [0.717, 1.165) is 6.07 Å². The molecule has 0 unspecified atom stereocenters. The predicted octanol–water partition coefficient (Wildman–Crippen LogP) is 1.90. The summed E-state index contributed by atoms with van der Waals surface area (Å²) in [6, 6.07) is 0.878. The van der Waals surface area contributed by atoms with Gasteiger partial charge in [-0.2, -0.15) is 0 Å². The van der Waals surface area contributed by atoms with Crippen molar-refractivity contribution in [2.75, 3.05) is 13.1 Å². The second-order valence-corrected chi connectivity index (χ2v) is 6.48. The molecule has 1 heterocycles. The van der Waals surface area contributed by atoms with Gasteiger partial charge in [0.25, 0.3) is 5.69 Å². The van der Waals surface area contributed by atoms with Gasteiger partial charge >= 0.3 is 0 Å². The summed E-state index contributed by atoms with van der Waals surface area (Å²) in [6.45, 7) is -0.160. The normalized spacial score (nSPS) is 10.9. The molecule has 0 aromatic carbocycles. The molecular weight excluding hydrogens is 306 g/mol. The second-order valence-electron chi connectivity index (χ2n) is 2.83. The molecule has 0 aliphatic heterocycles. The molecule has 0 atom stereocenters. The highest BCUT2D eigenvalue weighted by Crippen LogP contribution is 2.35. The Morgan fingerprint density at radius 3 is 2.83 bits per heavy atom. The van der Waals surface area contributed by atoms with Crippen LogP contribution in [0.5, 0.6) is 0 Å². The standard InChI is InChI=1S/C6H6ClN5O4S2/c7-6-4(12(13)14)3-5(17-6)18(15,16)10-2-1-9-11-8/h3,10H,1-2H2. The Labute approximate surface area is 110 Å². The van der Waals surface area contributed by atoms with Gasteiger partial charge in [-0.3, -0.25) is 10.1 Å². The van der Waals surface area contributed by atoms with Gasteiger partial charge in [-0.1, -0.05) is 16.7 Å². The molecule has 1 aromatic rings. The van der Waals surface area contributed by atoms with Crippen LogP contribution in [0.1, 0.15) is 0 Å². The third kappa shape index (κ3) is 3.55. The van der Waals surface area contributed by atoms with E-state index in [-0.39, 0.29) is 21.6 Å². The highest BCUT2D eigenvalue weighted by atomic mass is 35.5. The zero-order valence-corrected chi connectivity index (χ0v) is 11.0. The fraction of sp³-hybridized carbons (Fsp3) is 0.333. The van der Waals surface area contributed by atoms with Crippen LogP contribution in [0.3, 0.4) is 0 Å². The molecule has 98 valence electrons. The molecule has 0 fully saturated rings. The Kier molecular flexibility index (Phi) is 4.87. The van der Waals surface area contributed by atoms with Crippen LogP contribution in [-0.2, 0) is 10.0 Å². The van der Waals surface area contributed by atoms with E-state index in [0.29, 0.717) is 11.3 Å². The van der Waals surface area contributed by atoms with Crippen LogP contribution in [0.4, 0.5) is 5.69 Å². The van der Waals surface area contributed by atoms with E-state index in [4.69, 9.17) is 17.1 Å². The van der Waals surface area contributed by atoms with Crippen LogP contribution < -0.4 is 4.72 Å². The van der Waals surface area contributed by atoms with Gasteiger partial charge in [0.1, 0.15) is 4.21 Å². The summed E-state index contributed by atoms with van der Waals surface area (Å²) >= 11 is 6.13. The summed E-state index contributed by atoms with van der Waals surface area (Å²) in [5.74, 6) is 0. The number of nitrogens with one attached hydrogen (secondary N) is 1. The van der Waals surface area contributed by atoms with Crippen molar-refractivity contribution in [2.45, 2.75) is 4.21 Å². The average Bonchev–Trinajstić information content (AvgIpc) is 2.68. The van der Waals surface area contributed by atoms with Gasteiger partial charge in [0, 0.05) is 24.1 Å². The monoisotopic (exact) mass is 311 g/mol. The molecule has 0 spiro atoms. The summed E-state index contributed by atoms with van der Waals surface area (Å²) in [6.07, 6.45) is 0. The van der Waals surface area contributed by atoms with E-state index < -0.39 is 20.6 Å². The van der Waals surface area contributed by atoms with E-state index in [1.807, 2.05) is 0 Å². The maximum atomic E-state index is 11.7. The van der Waals surface area contributed by atoms with Crippen molar-refractivity contribution in [3.8, 4) is 0 Å². The lowest BCUT2D eigenvalue weighted by Crippen LogP contribution is -2.25. The Hall–Kier alpha value is -1.39. The summed E-state index contributed by atoms with van der Waals surface area (Å²) in [7, 11) is -3.88. The molecule has 0 aliphatic rings. The van der Waals surface area contributed by atoms with Crippen LogP contribution >= 0.6 is 22.9 Å². The molecule has 0 saturated carbocycles. The van der Waals surface area contributed by atoms with Crippen LogP contribution in [-0.4, -0.2) is 26.4 Å². The molecule has 0 amide bonds. The van der Waals surface area contributed by atoms with Gasteiger partial charge in [0.2, 0.25) is 10.0 Å². The number of halogens is 1. The topological polar surface area (TPSA) is 138 Å². The summed E-state index contributed by atoms with van der Waals surface area (Å²) < 4.78 is 25.0. The minimum absolute atomic E-state index is 0.0586. The number of azide groups is 1. The number of nitro groups is 1. The SMILES string of the molecule is [N-]=[N+]=NCCNS(=O)(=O)c1cc([N+](=O)[O-])c(Cl)s1.